The minimum atomic E-state index is -0.812. The van der Waals surface area contributed by atoms with Crippen molar-refractivity contribution < 1.29 is 13.9 Å². The fourth-order valence-corrected chi connectivity index (χ4v) is 1.65. The fraction of sp³-hybridized carbons (Fsp3) is 0.0667. The second-order valence-corrected chi connectivity index (χ2v) is 4.31. The number of nitrogens with two attached hydrogens (primary N) is 1. The van der Waals surface area contributed by atoms with E-state index in [1.54, 1.807) is 18.2 Å². The zero-order valence-electron chi connectivity index (χ0n) is 10.9. The normalized spacial score (nSPS) is 10.9. The van der Waals surface area contributed by atoms with Crippen LogP contribution in [0.5, 0.6) is 0 Å². The van der Waals surface area contributed by atoms with E-state index in [1.807, 2.05) is 0 Å². The van der Waals surface area contributed by atoms with Crippen molar-refractivity contribution in [3.63, 3.8) is 0 Å². The highest BCUT2D eigenvalue weighted by atomic mass is 31.0. The third kappa shape index (κ3) is 4.26. The molecule has 1 amide bonds. The lowest BCUT2D eigenvalue weighted by molar-refractivity contribution is 0.0996. The van der Waals surface area contributed by atoms with Gasteiger partial charge in [-0.2, -0.15) is 0 Å². The van der Waals surface area contributed by atoms with Crippen LogP contribution in [-0.4, -0.2) is 18.0 Å². The number of amides is 1. The number of hydrogen-bond donors (Lipinski definition) is 1. The maximum absolute atomic E-state index is 13.6. The van der Waals surface area contributed by atoms with Crippen molar-refractivity contribution in [1.82, 2.24) is 0 Å². The van der Waals surface area contributed by atoms with Crippen LogP contribution in [0, 0.1) is 5.82 Å². The molecule has 1 aromatic carbocycles. The summed E-state index contributed by atoms with van der Waals surface area (Å²) in [5.74, 6) is -1.51. The lowest BCUT2D eigenvalue weighted by Crippen LogP contribution is -2.14. The second kappa shape index (κ2) is 7.53. The van der Waals surface area contributed by atoms with Crippen LogP contribution >= 0.6 is 8.86 Å². The van der Waals surface area contributed by atoms with Crippen LogP contribution in [0.3, 0.4) is 0 Å². The topological polar surface area (TPSA) is 52.3 Å². The van der Waals surface area contributed by atoms with Crippen LogP contribution in [0.15, 0.2) is 55.2 Å². The maximum Gasteiger partial charge on any atom is 0.251 e. The molecule has 5 heteroatoms. The largest absolute Gasteiger partial charge is 0.366 e. The molecule has 104 valence electrons. The number of rotatable bonds is 7. The van der Waals surface area contributed by atoms with Crippen molar-refractivity contribution in [2.24, 2.45) is 5.73 Å². The lowest BCUT2D eigenvalue weighted by Gasteiger charge is -2.08. The molecule has 3 nitrogen and oxygen atoms in total. The Balaban J connectivity index is 2.81. The number of allylic oxidation sites excluding steroid dienone is 2. The van der Waals surface area contributed by atoms with Crippen molar-refractivity contribution in [2.45, 2.75) is 0 Å². The highest BCUT2D eigenvalue weighted by Gasteiger charge is 2.10. The molecule has 0 aliphatic heterocycles. The molecule has 0 radical (unpaired) electrons. The Kier molecular flexibility index (Phi) is 6.04. The molecule has 0 atom stereocenters. The molecule has 2 N–H and O–H groups in total. The van der Waals surface area contributed by atoms with Crippen LogP contribution in [0.1, 0.15) is 15.9 Å². The van der Waals surface area contributed by atoms with Crippen molar-refractivity contribution in [3.05, 3.63) is 72.1 Å². The van der Waals surface area contributed by atoms with E-state index in [4.69, 9.17) is 10.5 Å². The number of halogens is 1. The number of ether oxygens (including phenoxy) is 1. The van der Waals surface area contributed by atoms with Crippen LogP contribution in [0.4, 0.5) is 4.39 Å². The molecule has 20 heavy (non-hydrogen) atoms. The zero-order valence-corrected chi connectivity index (χ0v) is 11.9. The smallest absolute Gasteiger partial charge is 0.251 e. The molecule has 0 aliphatic carbocycles. The monoisotopic (exact) mass is 291 g/mol. The maximum atomic E-state index is 13.6. The standard InChI is InChI=1S/C15H15FNO2P/c1-3-5-10(4-2)9-19-15(20)11-6-7-12(14(17)18)13(16)8-11/h3-8,20H,1-2,9H2,(H2,17,18)/b10-5+. The van der Waals surface area contributed by atoms with E-state index in [9.17, 15) is 9.18 Å². The van der Waals surface area contributed by atoms with Gasteiger partial charge in [0.25, 0.3) is 5.91 Å². The summed E-state index contributed by atoms with van der Waals surface area (Å²) in [5.41, 5.74) is 6.51. The summed E-state index contributed by atoms with van der Waals surface area (Å²) in [6.07, 6.45) is 5.01. The van der Waals surface area contributed by atoms with Crippen molar-refractivity contribution >= 4 is 20.3 Å². The van der Waals surface area contributed by atoms with Gasteiger partial charge in [0.05, 0.1) is 12.2 Å². The molecule has 0 saturated heterocycles. The number of hydrogen-bond acceptors (Lipinski definition) is 2. The SMILES string of the molecule is C=C/C=C(\C=C)COC(=P)c1ccc(C(N)=O)c(F)c1. The van der Waals surface area contributed by atoms with Gasteiger partial charge in [-0.1, -0.05) is 46.3 Å². The Morgan fingerprint density at radius 1 is 1.45 bits per heavy atom. The quantitative estimate of drug-likeness (QED) is 0.620. The highest BCUT2D eigenvalue weighted by molar-refractivity contribution is 7.21. The molecule has 0 aliphatic rings. The zero-order chi connectivity index (χ0) is 15.1. The van der Waals surface area contributed by atoms with Gasteiger partial charge < -0.3 is 10.5 Å². The summed E-state index contributed by atoms with van der Waals surface area (Å²) in [4.78, 5) is 10.9. The second-order valence-electron chi connectivity index (χ2n) is 3.86. The molecule has 1 rings (SSSR count). The molecule has 0 bridgehead atoms. The Morgan fingerprint density at radius 3 is 2.65 bits per heavy atom. The molecule has 0 spiro atoms. The fourth-order valence-electron chi connectivity index (χ4n) is 1.42. The Bertz CT molecular complexity index is 594. The van der Waals surface area contributed by atoms with E-state index in [2.05, 4.69) is 22.0 Å². The van der Waals surface area contributed by atoms with Gasteiger partial charge >= 0.3 is 0 Å². The summed E-state index contributed by atoms with van der Waals surface area (Å²) in [6.45, 7) is 7.48. The van der Waals surface area contributed by atoms with Crippen LogP contribution in [0.2, 0.25) is 0 Å². The summed E-state index contributed by atoms with van der Waals surface area (Å²) in [7, 11) is 3.27. The number of carbonyl (C=O) groups is 1. The van der Waals surface area contributed by atoms with Gasteiger partial charge in [-0.15, -0.1) is 0 Å². The molecule has 0 unspecified atom stereocenters. The van der Waals surface area contributed by atoms with E-state index in [-0.39, 0.29) is 12.2 Å². The first-order valence-electron chi connectivity index (χ1n) is 5.74. The molecule has 1 aromatic rings. The summed E-state index contributed by atoms with van der Waals surface area (Å²) >= 11 is 0. The third-order valence-corrected chi connectivity index (χ3v) is 2.91. The Hall–Kier alpha value is -2.03. The van der Waals surface area contributed by atoms with E-state index in [0.717, 1.165) is 5.57 Å². The number of primary amides is 1. The average molecular weight is 291 g/mol. The predicted octanol–water partition coefficient (Wildman–Crippen LogP) is 2.86. The molecule has 0 heterocycles. The third-order valence-electron chi connectivity index (χ3n) is 2.47. The minimum Gasteiger partial charge on any atom is -0.366 e. The van der Waals surface area contributed by atoms with Crippen LogP contribution < -0.4 is 5.73 Å². The first kappa shape index (κ1) is 16.0. The highest BCUT2D eigenvalue weighted by Crippen LogP contribution is 2.13. The first-order chi connectivity index (χ1) is 9.49. The first-order valence-corrected chi connectivity index (χ1v) is 6.24. The van der Waals surface area contributed by atoms with E-state index >= 15 is 0 Å². The van der Waals surface area contributed by atoms with Gasteiger partial charge in [0.15, 0.2) is 0 Å². The van der Waals surface area contributed by atoms with E-state index in [1.165, 1.54) is 18.2 Å². The summed E-state index contributed by atoms with van der Waals surface area (Å²) in [6, 6.07) is 4.02. The molecular formula is C15H15FNO2P. The van der Waals surface area contributed by atoms with E-state index in [0.29, 0.717) is 11.0 Å². The van der Waals surface area contributed by atoms with Gasteiger partial charge in [-0.3, -0.25) is 4.79 Å². The van der Waals surface area contributed by atoms with Crippen molar-refractivity contribution in [1.29, 1.82) is 0 Å². The number of benzene rings is 1. The van der Waals surface area contributed by atoms with Gasteiger partial charge in [0.1, 0.15) is 11.3 Å². The van der Waals surface area contributed by atoms with Crippen molar-refractivity contribution in [3.8, 4) is 0 Å². The van der Waals surface area contributed by atoms with Crippen LogP contribution in [-0.2, 0) is 4.74 Å². The minimum absolute atomic E-state index is 0.161. The Labute approximate surface area is 119 Å². The molecule has 0 fully saturated rings. The van der Waals surface area contributed by atoms with Gasteiger partial charge in [-0.05, 0) is 17.7 Å². The van der Waals surface area contributed by atoms with Crippen molar-refractivity contribution in [2.75, 3.05) is 6.61 Å². The lowest BCUT2D eigenvalue weighted by atomic mass is 10.1. The van der Waals surface area contributed by atoms with Gasteiger partial charge in [0.2, 0.25) is 0 Å². The predicted molar refractivity (Wildman–Crippen MR) is 81.8 cm³/mol. The average Bonchev–Trinajstić information content (AvgIpc) is 2.42. The van der Waals surface area contributed by atoms with Crippen LogP contribution in [0.25, 0.3) is 0 Å². The molecule has 0 aromatic heterocycles. The summed E-state index contributed by atoms with van der Waals surface area (Å²) < 4.78 is 19.1. The number of carbonyl (C=O) groups excluding carboxylic acids is 1. The Morgan fingerprint density at radius 2 is 2.15 bits per heavy atom. The molecule has 0 saturated carbocycles. The van der Waals surface area contributed by atoms with E-state index < -0.39 is 11.7 Å². The van der Waals surface area contributed by atoms with Gasteiger partial charge in [0, 0.05) is 5.56 Å². The summed E-state index contributed by atoms with van der Waals surface area (Å²) in [5, 5.41) is 0. The van der Waals surface area contributed by atoms with Gasteiger partial charge in [-0.25, -0.2) is 4.39 Å². The molecular weight excluding hydrogens is 276 g/mol.